The third kappa shape index (κ3) is 2.20. The molecule has 1 atom stereocenters. The van der Waals surface area contributed by atoms with Crippen molar-refractivity contribution in [2.45, 2.75) is 19.4 Å². The van der Waals surface area contributed by atoms with E-state index in [1.165, 1.54) is 11.3 Å². The fourth-order valence-electron chi connectivity index (χ4n) is 2.11. The number of carbonyl (C=O) groups excluding carboxylic acids is 2. The second-order valence-electron chi connectivity index (χ2n) is 4.52. The standard InChI is InChI=1S/C15H13NO3S/c1-2-11-15(18)16-10-8-9(5-6-12(10)19-11)14(17)13-4-3-7-20-13/h3-8,11H,2H2,1H3,(H,16,18)/t11-/m0/s1. The molecule has 0 saturated heterocycles. The molecule has 0 spiro atoms. The molecule has 0 fully saturated rings. The van der Waals surface area contributed by atoms with Crippen LogP contribution in [-0.4, -0.2) is 17.8 Å². The monoisotopic (exact) mass is 287 g/mol. The Labute approximate surface area is 120 Å². The van der Waals surface area contributed by atoms with Gasteiger partial charge in [0.25, 0.3) is 5.91 Å². The molecule has 5 heteroatoms. The molecule has 1 N–H and O–H groups in total. The van der Waals surface area contributed by atoms with Crippen LogP contribution in [0.25, 0.3) is 0 Å². The zero-order valence-corrected chi connectivity index (χ0v) is 11.7. The van der Waals surface area contributed by atoms with Crippen molar-refractivity contribution in [1.82, 2.24) is 0 Å². The van der Waals surface area contributed by atoms with Crippen LogP contribution in [0.15, 0.2) is 35.7 Å². The van der Waals surface area contributed by atoms with Crippen molar-refractivity contribution in [3.8, 4) is 5.75 Å². The molecule has 0 unspecified atom stereocenters. The highest BCUT2D eigenvalue weighted by Gasteiger charge is 2.26. The molecule has 2 heterocycles. The van der Waals surface area contributed by atoms with E-state index < -0.39 is 6.10 Å². The second-order valence-corrected chi connectivity index (χ2v) is 5.47. The van der Waals surface area contributed by atoms with Gasteiger partial charge in [0.1, 0.15) is 5.75 Å². The smallest absolute Gasteiger partial charge is 0.265 e. The van der Waals surface area contributed by atoms with E-state index in [0.717, 1.165) is 0 Å². The summed E-state index contributed by atoms with van der Waals surface area (Å²) in [6.45, 7) is 1.89. The third-order valence-corrected chi connectivity index (χ3v) is 4.05. The first kappa shape index (κ1) is 12.9. The topological polar surface area (TPSA) is 55.4 Å². The molecule has 1 amide bonds. The van der Waals surface area contributed by atoms with Gasteiger partial charge in [0.05, 0.1) is 10.6 Å². The van der Waals surface area contributed by atoms with Crippen molar-refractivity contribution in [3.05, 3.63) is 46.2 Å². The highest BCUT2D eigenvalue weighted by Crippen LogP contribution is 2.32. The zero-order chi connectivity index (χ0) is 14.1. The van der Waals surface area contributed by atoms with E-state index in [0.29, 0.717) is 28.3 Å². The molecule has 0 aliphatic carbocycles. The highest BCUT2D eigenvalue weighted by atomic mass is 32.1. The molecule has 3 rings (SSSR count). The van der Waals surface area contributed by atoms with Crippen molar-refractivity contribution in [2.75, 3.05) is 5.32 Å². The minimum absolute atomic E-state index is 0.0466. The number of amides is 1. The maximum Gasteiger partial charge on any atom is 0.265 e. The summed E-state index contributed by atoms with van der Waals surface area (Å²) in [5.74, 6) is 0.398. The largest absolute Gasteiger partial charge is 0.478 e. The van der Waals surface area contributed by atoms with Gasteiger partial charge in [-0.25, -0.2) is 0 Å². The molecular formula is C15H13NO3S. The van der Waals surface area contributed by atoms with Crippen LogP contribution in [0, 0.1) is 0 Å². The fourth-order valence-corrected chi connectivity index (χ4v) is 2.80. The van der Waals surface area contributed by atoms with Crippen LogP contribution in [0.4, 0.5) is 5.69 Å². The minimum atomic E-state index is -0.457. The Bertz CT molecular complexity index is 664. The number of carbonyl (C=O) groups is 2. The number of thiophene rings is 1. The Kier molecular flexibility index (Phi) is 3.28. The molecule has 0 bridgehead atoms. The fraction of sp³-hybridized carbons (Fsp3) is 0.200. The first-order valence-corrected chi connectivity index (χ1v) is 7.26. The van der Waals surface area contributed by atoms with Crippen molar-refractivity contribution in [2.24, 2.45) is 0 Å². The van der Waals surface area contributed by atoms with Crippen molar-refractivity contribution in [1.29, 1.82) is 0 Å². The molecule has 0 radical (unpaired) electrons. The molecule has 0 saturated carbocycles. The SMILES string of the molecule is CC[C@@H]1Oc2ccc(C(=O)c3cccs3)cc2NC1=O. The predicted molar refractivity (Wildman–Crippen MR) is 77.5 cm³/mol. The Balaban J connectivity index is 1.93. The summed E-state index contributed by atoms with van der Waals surface area (Å²) >= 11 is 1.40. The molecule has 4 nitrogen and oxygen atoms in total. The number of nitrogens with one attached hydrogen (secondary N) is 1. The van der Waals surface area contributed by atoms with Crippen molar-refractivity contribution in [3.63, 3.8) is 0 Å². The quantitative estimate of drug-likeness (QED) is 0.883. The second kappa shape index (κ2) is 5.09. The molecule has 1 aliphatic rings. The van der Waals surface area contributed by atoms with Gasteiger partial charge in [-0.3, -0.25) is 9.59 Å². The molecular weight excluding hydrogens is 274 g/mol. The Morgan fingerprint density at radius 2 is 2.25 bits per heavy atom. The highest BCUT2D eigenvalue weighted by molar-refractivity contribution is 7.12. The molecule has 1 aromatic carbocycles. The predicted octanol–water partition coefficient (Wildman–Crippen LogP) is 3.09. The molecule has 1 aliphatic heterocycles. The lowest BCUT2D eigenvalue weighted by atomic mass is 10.1. The third-order valence-electron chi connectivity index (χ3n) is 3.18. The summed E-state index contributed by atoms with van der Waals surface area (Å²) < 4.78 is 5.60. The average Bonchev–Trinajstić information content (AvgIpc) is 2.99. The van der Waals surface area contributed by atoms with E-state index in [4.69, 9.17) is 4.74 Å². The van der Waals surface area contributed by atoms with E-state index in [1.807, 2.05) is 18.4 Å². The molecule has 2 aromatic rings. The number of rotatable bonds is 3. The lowest BCUT2D eigenvalue weighted by Gasteiger charge is -2.25. The zero-order valence-electron chi connectivity index (χ0n) is 10.9. The van der Waals surface area contributed by atoms with E-state index >= 15 is 0 Å². The molecule has 102 valence electrons. The Morgan fingerprint density at radius 1 is 1.40 bits per heavy atom. The van der Waals surface area contributed by atoms with Gasteiger partial charge in [-0.05, 0) is 36.1 Å². The van der Waals surface area contributed by atoms with Crippen LogP contribution in [0.2, 0.25) is 0 Å². The number of benzene rings is 1. The van der Waals surface area contributed by atoms with Crippen LogP contribution in [0.3, 0.4) is 0 Å². The summed E-state index contributed by atoms with van der Waals surface area (Å²) in [7, 11) is 0. The summed E-state index contributed by atoms with van der Waals surface area (Å²) in [5.41, 5.74) is 1.10. The van der Waals surface area contributed by atoms with Gasteiger partial charge < -0.3 is 10.1 Å². The normalized spacial score (nSPS) is 17.1. The first-order valence-electron chi connectivity index (χ1n) is 6.39. The van der Waals surface area contributed by atoms with Gasteiger partial charge in [-0.15, -0.1) is 11.3 Å². The molecule has 1 aromatic heterocycles. The maximum atomic E-state index is 12.3. The van der Waals surface area contributed by atoms with Crippen LogP contribution >= 0.6 is 11.3 Å². The lowest BCUT2D eigenvalue weighted by molar-refractivity contribution is -0.123. The van der Waals surface area contributed by atoms with E-state index in [9.17, 15) is 9.59 Å². The Morgan fingerprint density at radius 3 is 2.95 bits per heavy atom. The first-order chi connectivity index (χ1) is 9.69. The van der Waals surface area contributed by atoms with Crippen LogP contribution in [0.1, 0.15) is 28.6 Å². The van der Waals surface area contributed by atoms with Crippen LogP contribution in [0.5, 0.6) is 5.75 Å². The number of anilines is 1. The van der Waals surface area contributed by atoms with Crippen molar-refractivity contribution < 1.29 is 14.3 Å². The summed E-state index contributed by atoms with van der Waals surface area (Å²) in [4.78, 5) is 24.7. The summed E-state index contributed by atoms with van der Waals surface area (Å²) in [6.07, 6.45) is 0.155. The number of hydrogen-bond acceptors (Lipinski definition) is 4. The number of hydrogen-bond donors (Lipinski definition) is 1. The van der Waals surface area contributed by atoms with E-state index in [-0.39, 0.29) is 11.7 Å². The van der Waals surface area contributed by atoms with Gasteiger partial charge in [-0.1, -0.05) is 13.0 Å². The maximum absolute atomic E-state index is 12.3. The summed E-state index contributed by atoms with van der Waals surface area (Å²) in [5, 5.41) is 4.65. The van der Waals surface area contributed by atoms with Crippen LogP contribution in [-0.2, 0) is 4.79 Å². The number of fused-ring (bicyclic) bond motifs is 1. The molecule has 20 heavy (non-hydrogen) atoms. The lowest BCUT2D eigenvalue weighted by Crippen LogP contribution is -2.36. The van der Waals surface area contributed by atoms with Gasteiger partial charge in [0.2, 0.25) is 5.78 Å². The van der Waals surface area contributed by atoms with E-state index in [2.05, 4.69) is 5.32 Å². The summed E-state index contributed by atoms with van der Waals surface area (Å²) in [6, 6.07) is 8.76. The van der Waals surface area contributed by atoms with Gasteiger partial charge in [0.15, 0.2) is 6.10 Å². The van der Waals surface area contributed by atoms with Crippen molar-refractivity contribution >= 4 is 28.7 Å². The number of ketones is 1. The minimum Gasteiger partial charge on any atom is -0.478 e. The van der Waals surface area contributed by atoms with Gasteiger partial charge in [0, 0.05) is 5.56 Å². The Hall–Kier alpha value is -2.14. The van der Waals surface area contributed by atoms with Crippen LogP contribution < -0.4 is 10.1 Å². The van der Waals surface area contributed by atoms with Gasteiger partial charge >= 0.3 is 0 Å². The van der Waals surface area contributed by atoms with Gasteiger partial charge in [-0.2, -0.15) is 0 Å². The number of ether oxygens (including phenoxy) is 1. The average molecular weight is 287 g/mol. The van der Waals surface area contributed by atoms with E-state index in [1.54, 1.807) is 24.3 Å².